The number of nitrogens with zero attached hydrogens (tertiary/aromatic N) is 1. The van der Waals surface area contributed by atoms with Crippen LogP contribution in [0.15, 0.2) is 18.3 Å². The van der Waals surface area contributed by atoms with E-state index >= 15 is 0 Å². The van der Waals surface area contributed by atoms with Crippen LogP contribution in [-0.4, -0.2) is 22.2 Å². The molecule has 0 bridgehead atoms. The molecule has 116 valence electrons. The smallest absolute Gasteiger partial charge is 0.423 e. The van der Waals surface area contributed by atoms with Gasteiger partial charge in [0, 0.05) is 17.4 Å². The van der Waals surface area contributed by atoms with Crippen molar-refractivity contribution in [1.82, 2.24) is 4.98 Å². The second-order valence-corrected chi connectivity index (χ2v) is 6.41. The Morgan fingerprint density at radius 2 is 1.62 bits per heavy atom. The summed E-state index contributed by atoms with van der Waals surface area (Å²) in [6.45, 7) is 0. The van der Waals surface area contributed by atoms with E-state index in [4.69, 9.17) is 10.0 Å². The molecule has 21 heavy (non-hydrogen) atoms. The zero-order valence-electron chi connectivity index (χ0n) is 13.0. The molecule has 4 heteroatoms. The monoisotopic (exact) mass is 289 g/mol. The number of hydrogen-bond donors (Lipinski definition) is 2. The quantitative estimate of drug-likeness (QED) is 0.486. The van der Waals surface area contributed by atoms with Gasteiger partial charge in [-0.1, -0.05) is 63.9 Å². The Bertz CT molecular complexity index is 390. The van der Waals surface area contributed by atoms with Gasteiger partial charge >= 0.3 is 7.12 Å². The third-order valence-electron chi connectivity index (χ3n) is 4.39. The van der Waals surface area contributed by atoms with Crippen LogP contribution in [0, 0.1) is 5.92 Å². The highest BCUT2D eigenvalue weighted by Crippen LogP contribution is 2.34. The van der Waals surface area contributed by atoms with Gasteiger partial charge in [0.1, 0.15) is 0 Å². The summed E-state index contributed by atoms with van der Waals surface area (Å²) in [6.07, 6.45) is 16.4. The maximum absolute atomic E-state index is 9.00. The van der Waals surface area contributed by atoms with Crippen LogP contribution in [0.2, 0.25) is 0 Å². The summed E-state index contributed by atoms with van der Waals surface area (Å²) in [6, 6.07) is 3.64. The van der Waals surface area contributed by atoms with Crippen molar-refractivity contribution in [1.29, 1.82) is 0 Å². The Morgan fingerprint density at radius 1 is 0.952 bits per heavy atom. The molecule has 3 nitrogen and oxygen atoms in total. The Morgan fingerprint density at radius 3 is 2.19 bits per heavy atom. The summed E-state index contributed by atoms with van der Waals surface area (Å²) in [5, 5.41) is 18.0. The number of pyridine rings is 1. The summed E-state index contributed by atoms with van der Waals surface area (Å²) in [4.78, 5) is 4.26. The van der Waals surface area contributed by atoms with Gasteiger partial charge in [-0.3, -0.25) is 4.98 Å². The van der Waals surface area contributed by atoms with Gasteiger partial charge in [-0.2, -0.15) is 0 Å². The molecule has 0 aliphatic heterocycles. The van der Waals surface area contributed by atoms with Gasteiger partial charge in [0.05, 0.1) is 0 Å². The van der Waals surface area contributed by atoms with E-state index in [0.29, 0.717) is 5.46 Å². The standard InChI is InChI=1S/C17H28BNO2/c20-18(21)16-12-13-17(19-14-16)9-7-5-3-1-2-4-6-8-15-10-11-15/h12-15,20-21H,1-11H2. The van der Waals surface area contributed by atoms with E-state index in [1.807, 2.05) is 6.07 Å². The first-order valence-electron chi connectivity index (χ1n) is 8.56. The van der Waals surface area contributed by atoms with Gasteiger partial charge in [-0.25, -0.2) is 0 Å². The summed E-state index contributed by atoms with van der Waals surface area (Å²) < 4.78 is 0. The highest BCUT2D eigenvalue weighted by molar-refractivity contribution is 6.58. The number of aryl methyl sites for hydroxylation is 1. The summed E-state index contributed by atoms with van der Waals surface area (Å²) >= 11 is 0. The van der Waals surface area contributed by atoms with Gasteiger partial charge in [-0.15, -0.1) is 0 Å². The maximum atomic E-state index is 9.00. The van der Waals surface area contributed by atoms with Crippen LogP contribution in [0.25, 0.3) is 0 Å². The summed E-state index contributed by atoms with van der Waals surface area (Å²) in [5.74, 6) is 1.09. The van der Waals surface area contributed by atoms with E-state index in [2.05, 4.69) is 4.98 Å². The molecule has 0 unspecified atom stereocenters. The molecule has 0 atom stereocenters. The van der Waals surface area contributed by atoms with Gasteiger partial charge < -0.3 is 10.0 Å². The van der Waals surface area contributed by atoms with Gasteiger partial charge in [0.2, 0.25) is 0 Å². The minimum atomic E-state index is -1.41. The fraction of sp³-hybridized carbons (Fsp3) is 0.706. The molecule has 1 aliphatic rings. The SMILES string of the molecule is OB(O)c1ccc(CCCCCCCCCC2CC2)nc1. The predicted molar refractivity (Wildman–Crippen MR) is 87.4 cm³/mol. The molecule has 1 saturated carbocycles. The molecule has 2 N–H and O–H groups in total. The Kier molecular flexibility index (Phi) is 7.24. The van der Waals surface area contributed by atoms with Crippen molar-refractivity contribution >= 4 is 12.6 Å². The predicted octanol–water partition coefficient (Wildman–Crippen LogP) is 2.83. The van der Waals surface area contributed by atoms with E-state index in [1.54, 1.807) is 12.3 Å². The fourth-order valence-corrected chi connectivity index (χ4v) is 2.77. The van der Waals surface area contributed by atoms with Crippen LogP contribution in [0.4, 0.5) is 0 Å². The molecule has 1 aromatic rings. The molecule has 1 aliphatic carbocycles. The molecule has 0 spiro atoms. The zero-order valence-corrected chi connectivity index (χ0v) is 13.0. The van der Waals surface area contributed by atoms with E-state index in [0.717, 1.165) is 18.0 Å². The van der Waals surface area contributed by atoms with Gasteiger partial charge in [0.15, 0.2) is 0 Å². The molecule has 0 saturated heterocycles. The first-order chi connectivity index (χ1) is 10.3. The van der Waals surface area contributed by atoms with Crippen molar-refractivity contribution < 1.29 is 10.0 Å². The molecule has 0 aromatic carbocycles. The van der Waals surface area contributed by atoms with Crippen molar-refractivity contribution in [2.75, 3.05) is 0 Å². The number of aromatic nitrogens is 1. The topological polar surface area (TPSA) is 53.4 Å². The Labute approximate surface area is 129 Å². The lowest BCUT2D eigenvalue weighted by molar-refractivity contribution is 0.425. The molecule has 2 rings (SSSR count). The van der Waals surface area contributed by atoms with Crippen LogP contribution >= 0.6 is 0 Å². The van der Waals surface area contributed by atoms with E-state index < -0.39 is 7.12 Å². The van der Waals surface area contributed by atoms with Gasteiger partial charge in [0.25, 0.3) is 0 Å². The minimum absolute atomic E-state index is 0.463. The Hall–Kier alpha value is -0.865. The van der Waals surface area contributed by atoms with Crippen molar-refractivity contribution in [3.63, 3.8) is 0 Å². The van der Waals surface area contributed by atoms with Crippen LogP contribution in [-0.2, 0) is 6.42 Å². The van der Waals surface area contributed by atoms with E-state index in [-0.39, 0.29) is 0 Å². The van der Waals surface area contributed by atoms with Crippen LogP contribution in [0.3, 0.4) is 0 Å². The van der Waals surface area contributed by atoms with E-state index in [9.17, 15) is 0 Å². The minimum Gasteiger partial charge on any atom is -0.423 e. The van der Waals surface area contributed by atoms with Crippen molar-refractivity contribution in [2.45, 2.75) is 70.6 Å². The Balaban J connectivity index is 1.43. The number of hydrogen-bond acceptors (Lipinski definition) is 3. The lowest BCUT2D eigenvalue weighted by atomic mass is 9.81. The van der Waals surface area contributed by atoms with Crippen molar-refractivity contribution in [3.05, 3.63) is 24.0 Å². The maximum Gasteiger partial charge on any atom is 0.490 e. The molecule has 1 fully saturated rings. The van der Waals surface area contributed by atoms with E-state index in [1.165, 1.54) is 64.2 Å². The molecular weight excluding hydrogens is 261 g/mol. The third-order valence-corrected chi connectivity index (χ3v) is 4.39. The fourth-order valence-electron chi connectivity index (χ4n) is 2.77. The highest BCUT2D eigenvalue weighted by atomic mass is 16.4. The average Bonchev–Trinajstić information content (AvgIpc) is 3.30. The van der Waals surface area contributed by atoms with Gasteiger partial charge in [-0.05, 0) is 24.8 Å². The van der Waals surface area contributed by atoms with Crippen LogP contribution < -0.4 is 5.46 Å². The number of unbranched alkanes of at least 4 members (excludes halogenated alkanes) is 6. The lowest BCUT2D eigenvalue weighted by Crippen LogP contribution is -2.30. The molecule has 0 amide bonds. The first-order valence-corrected chi connectivity index (χ1v) is 8.56. The van der Waals surface area contributed by atoms with Crippen LogP contribution in [0.1, 0.15) is 69.9 Å². The number of rotatable bonds is 11. The largest absolute Gasteiger partial charge is 0.490 e. The molecular formula is C17H28BNO2. The summed E-state index contributed by atoms with van der Waals surface area (Å²) in [5.41, 5.74) is 1.51. The lowest BCUT2D eigenvalue weighted by Gasteiger charge is -2.04. The molecule has 0 radical (unpaired) electrons. The highest BCUT2D eigenvalue weighted by Gasteiger charge is 2.19. The van der Waals surface area contributed by atoms with Crippen molar-refractivity contribution in [3.8, 4) is 0 Å². The second-order valence-electron chi connectivity index (χ2n) is 6.41. The second kappa shape index (κ2) is 9.21. The molecule has 1 aromatic heterocycles. The normalized spacial score (nSPS) is 14.4. The molecule has 1 heterocycles. The zero-order chi connectivity index (χ0) is 14.9. The average molecular weight is 289 g/mol. The summed E-state index contributed by atoms with van der Waals surface area (Å²) in [7, 11) is -1.41. The third kappa shape index (κ3) is 7.10. The first kappa shape index (κ1) is 16.5. The van der Waals surface area contributed by atoms with Crippen LogP contribution in [0.5, 0.6) is 0 Å². The van der Waals surface area contributed by atoms with Crippen molar-refractivity contribution in [2.24, 2.45) is 5.92 Å².